The topological polar surface area (TPSA) is 76.3 Å². The molecule has 1 saturated heterocycles. The highest BCUT2D eigenvalue weighted by Gasteiger charge is 2.26. The first-order chi connectivity index (χ1) is 14.0. The van der Waals surface area contributed by atoms with E-state index in [-0.39, 0.29) is 10.1 Å². The second kappa shape index (κ2) is 8.69. The first-order valence-electron chi connectivity index (χ1n) is 9.70. The minimum absolute atomic E-state index is 0.162. The zero-order chi connectivity index (χ0) is 20.3. The third-order valence-corrected chi connectivity index (χ3v) is 7.87. The van der Waals surface area contributed by atoms with Crippen LogP contribution in [0.3, 0.4) is 0 Å². The minimum atomic E-state index is -3.50. The van der Waals surface area contributed by atoms with Crippen molar-refractivity contribution < 1.29 is 12.8 Å². The van der Waals surface area contributed by atoms with E-state index >= 15 is 0 Å². The summed E-state index contributed by atoms with van der Waals surface area (Å²) in [5.41, 5.74) is 1.78. The second-order valence-corrected chi connectivity index (χ2v) is 10.3. The van der Waals surface area contributed by atoms with E-state index in [0.717, 1.165) is 19.3 Å². The van der Waals surface area contributed by atoms with Gasteiger partial charge in [-0.05, 0) is 43.5 Å². The quantitative estimate of drug-likeness (QED) is 0.526. The highest BCUT2D eigenvalue weighted by Crippen LogP contribution is 2.35. The Kier molecular flexibility index (Phi) is 6.03. The first-order valence-corrected chi connectivity index (χ1v) is 12.0. The Morgan fingerprint density at radius 1 is 1.00 bits per heavy atom. The summed E-state index contributed by atoms with van der Waals surface area (Å²) in [6.07, 6.45) is 2.89. The molecule has 29 heavy (non-hydrogen) atoms. The predicted octanol–water partition coefficient (Wildman–Crippen LogP) is 4.76. The molecule has 6 nitrogen and oxygen atoms in total. The van der Waals surface area contributed by atoms with Crippen molar-refractivity contribution in [3.05, 3.63) is 60.2 Å². The normalized spacial score (nSPS) is 16.6. The van der Waals surface area contributed by atoms with Crippen LogP contribution in [0, 0.1) is 0 Å². The Labute approximate surface area is 175 Å². The summed E-state index contributed by atoms with van der Waals surface area (Å²) in [6, 6.07) is 16.8. The van der Waals surface area contributed by atoms with Crippen molar-refractivity contribution in [2.45, 2.75) is 41.6 Å². The molecule has 0 radical (unpaired) electrons. The van der Waals surface area contributed by atoms with Crippen molar-refractivity contribution in [3.63, 3.8) is 0 Å². The number of hydrogen-bond donors (Lipinski definition) is 0. The highest BCUT2D eigenvalue weighted by atomic mass is 32.2. The average Bonchev–Trinajstić information content (AvgIpc) is 3.23. The van der Waals surface area contributed by atoms with Crippen molar-refractivity contribution in [2.75, 3.05) is 13.1 Å². The SMILES string of the molecule is C[C@@H](Sc1nnc(-c2cccc(S(=O)(=O)N3CCCCC3)c2)o1)c1ccccc1. The van der Waals surface area contributed by atoms with E-state index in [1.807, 2.05) is 18.2 Å². The molecule has 1 atom stereocenters. The van der Waals surface area contributed by atoms with E-state index in [1.165, 1.54) is 17.3 Å². The molecule has 1 aliphatic heterocycles. The number of nitrogens with zero attached hydrogens (tertiary/aromatic N) is 3. The molecule has 152 valence electrons. The molecule has 0 aliphatic carbocycles. The molecule has 0 amide bonds. The van der Waals surface area contributed by atoms with E-state index in [2.05, 4.69) is 29.3 Å². The summed E-state index contributed by atoms with van der Waals surface area (Å²) in [6.45, 7) is 3.23. The van der Waals surface area contributed by atoms with Gasteiger partial charge in [0.15, 0.2) is 0 Å². The zero-order valence-electron chi connectivity index (χ0n) is 16.2. The monoisotopic (exact) mass is 429 g/mol. The summed E-state index contributed by atoms with van der Waals surface area (Å²) in [5, 5.41) is 8.87. The maximum absolute atomic E-state index is 12.9. The number of piperidine rings is 1. The van der Waals surface area contributed by atoms with Crippen LogP contribution in [0.25, 0.3) is 11.5 Å². The molecule has 0 saturated carbocycles. The molecule has 1 aromatic heterocycles. The predicted molar refractivity (Wildman–Crippen MR) is 113 cm³/mol. The standard InChI is InChI=1S/C21H23N3O3S2/c1-16(17-9-4-2-5-10-17)28-21-23-22-20(27-21)18-11-8-12-19(15-18)29(25,26)24-13-6-3-7-14-24/h2,4-5,8-12,15-16H,3,6-7,13-14H2,1H3/t16-/m1/s1. The van der Waals surface area contributed by atoms with Crippen molar-refractivity contribution >= 4 is 21.8 Å². The first kappa shape index (κ1) is 20.1. The van der Waals surface area contributed by atoms with Crippen LogP contribution in [0.4, 0.5) is 0 Å². The van der Waals surface area contributed by atoms with Crippen LogP contribution in [0.2, 0.25) is 0 Å². The molecule has 4 rings (SSSR count). The van der Waals surface area contributed by atoms with Gasteiger partial charge in [0.1, 0.15) is 0 Å². The van der Waals surface area contributed by atoms with Crippen LogP contribution in [0.1, 0.15) is 37.0 Å². The molecule has 0 bridgehead atoms. The Morgan fingerprint density at radius 2 is 1.76 bits per heavy atom. The highest BCUT2D eigenvalue weighted by molar-refractivity contribution is 7.99. The van der Waals surface area contributed by atoms with Crippen LogP contribution in [-0.2, 0) is 10.0 Å². The van der Waals surface area contributed by atoms with Crippen molar-refractivity contribution in [1.29, 1.82) is 0 Å². The third-order valence-electron chi connectivity index (χ3n) is 4.99. The maximum Gasteiger partial charge on any atom is 0.277 e. The average molecular weight is 430 g/mol. The number of sulfonamides is 1. The van der Waals surface area contributed by atoms with Gasteiger partial charge in [-0.3, -0.25) is 0 Å². The molecule has 0 unspecified atom stereocenters. The Morgan fingerprint density at radius 3 is 2.52 bits per heavy atom. The lowest BCUT2D eigenvalue weighted by Crippen LogP contribution is -2.35. The fourth-order valence-electron chi connectivity index (χ4n) is 3.36. The fraction of sp³-hybridized carbons (Fsp3) is 0.333. The van der Waals surface area contributed by atoms with Crippen molar-refractivity contribution in [1.82, 2.24) is 14.5 Å². The Bertz CT molecular complexity index is 1060. The van der Waals surface area contributed by atoms with Crippen LogP contribution in [0.5, 0.6) is 0 Å². The molecule has 0 N–H and O–H groups in total. The van der Waals surface area contributed by atoms with E-state index in [1.54, 1.807) is 28.6 Å². The third kappa shape index (κ3) is 4.55. The molecular weight excluding hydrogens is 406 g/mol. The molecular formula is C21H23N3O3S2. The smallest absolute Gasteiger partial charge is 0.277 e. The number of thioether (sulfide) groups is 1. The van der Waals surface area contributed by atoms with Gasteiger partial charge < -0.3 is 4.42 Å². The van der Waals surface area contributed by atoms with Crippen LogP contribution >= 0.6 is 11.8 Å². The van der Waals surface area contributed by atoms with Gasteiger partial charge in [-0.1, -0.05) is 54.6 Å². The number of aromatic nitrogens is 2. The molecule has 3 aromatic rings. The van der Waals surface area contributed by atoms with E-state index in [0.29, 0.717) is 29.8 Å². The maximum atomic E-state index is 12.9. The largest absolute Gasteiger partial charge is 0.411 e. The number of benzene rings is 2. The summed E-state index contributed by atoms with van der Waals surface area (Å²) in [5.74, 6) is 0.323. The number of hydrogen-bond acceptors (Lipinski definition) is 6. The van der Waals surface area contributed by atoms with E-state index in [4.69, 9.17) is 4.42 Å². The van der Waals surface area contributed by atoms with Crippen molar-refractivity contribution in [3.8, 4) is 11.5 Å². The summed E-state index contributed by atoms with van der Waals surface area (Å²) in [4.78, 5) is 0.266. The fourth-order valence-corrected chi connectivity index (χ4v) is 5.74. The van der Waals surface area contributed by atoms with Crippen LogP contribution in [0.15, 0.2) is 69.1 Å². The van der Waals surface area contributed by atoms with Gasteiger partial charge in [-0.25, -0.2) is 8.42 Å². The summed E-state index contributed by atoms with van der Waals surface area (Å²) >= 11 is 1.48. The Balaban J connectivity index is 1.53. The summed E-state index contributed by atoms with van der Waals surface area (Å²) in [7, 11) is -3.50. The van der Waals surface area contributed by atoms with Crippen molar-refractivity contribution in [2.24, 2.45) is 0 Å². The Hall–Kier alpha value is -2.16. The molecule has 2 heterocycles. The zero-order valence-corrected chi connectivity index (χ0v) is 17.8. The minimum Gasteiger partial charge on any atom is -0.411 e. The molecule has 1 aliphatic rings. The van der Waals surface area contributed by atoms with Gasteiger partial charge in [-0.2, -0.15) is 4.31 Å². The molecule has 8 heteroatoms. The molecule has 2 aromatic carbocycles. The molecule has 1 fully saturated rings. The van der Waals surface area contributed by atoms with E-state index in [9.17, 15) is 8.42 Å². The number of rotatable bonds is 6. The van der Waals surface area contributed by atoms with Gasteiger partial charge in [0.25, 0.3) is 5.22 Å². The van der Waals surface area contributed by atoms with E-state index < -0.39 is 10.0 Å². The lowest BCUT2D eigenvalue weighted by molar-refractivity contribution is 0.346. The lowest BCUT2D eigenvalue weighted by Gasteiger charge is -2.25. The lowest BCUT2D eigenvalue weighted by atomic mass is 10.2. The molecule has 0 spiro atoms. The van der Waals surface area contributed by atoms with Gasteiger partial charge in [0.2, 0.25) is 15.9 Å². The van der Waals surface area contributed by atoms with Crippen LogP contribution < -0.4 is 0 Å². The van der Waals surface area contributed by atoms with Crippen LogP contribution in [-0.4, -0.2) is 36.0 Å². The van der Waals surface area contributed by atoms with Gasteiger partial charge in [0.05, 0.1) is 4.90 Å². The van der Waals surface area contributed by atoms with Gasteiger partial charge in [-0.15, -0.1) is 10.2 Å². The van der Waals surface area contributed by atoms with Gasteiger partial charge in [0, 0.05) is 23.9 Å². The summed E-state index contributed by atoms with van der Waals surface area (Å²) < 4.78 is 33.2. The van der Waals surface area contributed by atoms with Gasteiger partial charge >= 0.3 is 0 Å². The second-order valence-electron chi connectivity index (χ2n) is 7.04.